The molecule has 0 aliphatic carbocycles. The zero-order valence-corrected chi connectivity index (χ0v) is 22.0. The van der Waals surface area contributed by atoms with Crippen LogP contribution in [0, 0.1) is 11.8 Å². The number of esters is 1. The van der Waals surface area contributed by atoms with Gasteiger partial charge in [-0.05, 0) is 56.5 Å². The molecule has 0 radical (unpaired) electrons. The maximum Gasteiger partial charge on any atom is 0.311 e. The third-order valence-electron chi connectivity index (χ3n) is 8.05. The first kappa shape index (κ1) is 25.6. The van der Waals surface area contributed by atoms with E-state index < -0.39 is 39.4 Å². The second kappa shape index (κ2) is 9.68. The molecule has 6 atom stereocenters. The highest BCUT2D eigenvalue weighted by Gasteiger charge is 2.78. The molecule has 1 spiro atoms. The summed E-state index contributed by atoms with van der Waals surface area (Å²) in [4.78, 5) is 43.0. The van der Waals surface area contributed by atoms with Gasteiger partial charge in [-0.15, -0.1) is 11.8 Å². The zero-order valence-electron chi connectivity index (χ0n) is 21.2. The van der Waals surface area contributed by atoms with Crippen molar-refractivity contribution in [1.29, 1.82) is 0 Å². The van der Waals surface area contributed by atoms with Crippen molar-refractivity contribution in [3.8, 4) is 5.75 Å². The minimum absolute atomic E-state index is 0.221. The zero-order chi connectivity index (χ0) is 26.4. The fraction of sp³-hybridized carbons (Fsp3) is 0.464. The summed E-state index contributed by atoms with van der Waals surface area (Å²) in [6.45, 7) is 3.62. The number of anilines is 1. The van der Waals surface area contributed by atoms with Crippen LogP contribution in [0.1, 0.15) is 38.3 Å². The summed E-state index contributed by atoms with van der Waals surface area (Å²) in [6, 6.07) is 14.6. The number of nitrogens with one attached hydrogen (secondary N) is 1. The molecule has 196 valence electrons. The third kappa shape index (κ3) is 3.99. The average molecular weight is 525 g/mol. The molecule has 9 heteroatoms. The van der Waals surface area contributed by atoms with Gasteiger partial charge in [-0.3, -0.25) is 14.4 Å². The lowest BCUT2D eigenvalue weighted by Crippen LogP contribution is -2.52. The fourth-order valence-electron chi connectivity index (χ4n) is 6.50. The lowest BCUT2D eigenvalue weighted by Gasteiger charge is -2.37. The van der Waals surface area contributed by atoms with Crippen LogP contribution < -0.4 is 10.1 Å². The molecule has 3 aliphatic rings. The fourth-order valence-corrected chi connectivity index (χ4v) is 8.83. The van der Waals surface area contributed by atoms with Crippen LogP contribution >= 0.6 is 11.8 Å². The number of hydrogen-bond donors (Lipinski definition) is 2. The van der Waals surface area contributed by atoms with E-state index in [1.165, 1.54) is 4.90 Å². The van der Waals surface area contributed by atoms with Crippen molar-refractivity contribution >= 4 is 35.2 Å². The highest BCUT2D eigenvalue weighted by atomic mass is 32.2. The standard InChI is InChI=1S/C28H32N2O6S/c1-4-36-26(34)22-21-25(33)30(20(16-31)17-8-6-5-7-9-17)23(28(21)15-14-27(22,2)37-28)24(32)29-18-10-12-19(35-3)13-11-18/h5-13,20-23,31H,4,14-16H2,1-3H3,(H,29,32)/t20-,21+,22+,23?,27-,28?/m1/s1. The van der Waals surface area contributed by atoms with E-state index in [0.717, 1.165) is 5.56 Å². The minimum atomic E-state index is -0.879. The van der Waals surface area contributed by atoms with E-state index in [0.29, 0.717) is 24.3 Å². The summed E-state index contributed by atoms with van der Waals surface area (Å²) in [6.07, 6.45) is 1.31. The van der Waals surface area contributed by atoms with Gasteiger partial charge >= 0.3 is 5.97 Å². The van der Waals surface area contributed by atoms with Gasteiger partial charge in [-0.2, -0.15) is 0 Å². The summed E-state index contributed by atoms with van der Waals surface area (Å²) in [5.74, 6) is -1.72. The van der Waals surface area contributed by atoms with Gasteiger partial charge in [0.25, 0.3) is 0 Å². The molecule has 2 amide bonds. The Kier molecular flexibility index (Phi) is 6.70. The second-order valence-electron chi connectivity index (χ2n) is 10.1. The number of carbonyl (C=O) groups excluding carboxylic acids is 3. The average Bonchev–Trinajstić information content (AvgIpc) is 3.47. The molecular formula is C28H32N2O6S. The summed E-state index contributed by atoms with van der Waals surface area (Å²) >= 11 is 1.57. The Morgan fingerprint density at radius 2 is 1.86 bits per heavy atom. The Bertz CT molecular complexity index is 1190. The molecule has 2 bridgehead atoms. The Balaban J connectivity index is 1.59. The lowest BCUT2D eigenvalue weighted by molar-refractivity contribution is -0.155. The van der Waals surface area contributed by atoms with Gasteiger partial charge in [0, 0.05) is 10.4 Å². The van der Waals surface area contributed by atoms with Crippen LogP contribution in [0.2, 0.25) is 0 Å². The van der Waals surface area contributed by atoms with E-state index in [9.17, 15) is 19.5 Å². The van der Waals surface area contributed by atoms with Crippen molar-refractivity contribution in [3.05, 3.63) is 60.2 Å². The van der Waals surface area contributed by atoms with E-state index in [1.807, 2.05) is 37.3 Å². The van der Waals surface area contributed by atoms with E-state index in [-0.39, 0.29) is 25.0 Å². The lowest BCUT2D eigenvalue weighted by atomic mass is 9.66. The van der Waals surface area contributed by atoms with Crippen molar-refractivity contribution in [2.24, 2.45) is 11.8 Å². The summed E-state index contributed by atoms with van der Waals surface area (Å²) in [5, 5.41) is 13.5. The van der Waals surface area contributed by atoms with Crippen molar-refractivity contribution in [2.45, 2.75) is 48.3 Å². The number of carbonyl (C=O) groups is 3. The molecular weight excluding hydrogens is 492 g/mol. The number of nitrogens with zero attached hydrogens (tertiary/aromatic N) is 1. The number of aliphatic hydroxyl groups is 1. The Hall–Kier alpha value is -3.04. The molecule has 8 nitrogen and oxygen atoms in total. The molecule has 3 aliphatic heterocycles. The summed E-state index contributed by atoms with van der Waals surface area (Å²) < 4.78 is 9.35. The molecule has 37 heavy (non-hydrogen) atoms. The number of hydrogen-bond acceptors (Lipinski definition) is 7. The smallest absolute Gasteiger partial charge is 0.311 e. The predicted molar refractivity (Wildman–Crippen MR) is 140 cm³/mol. The molecule has 3 saturated heterocycles. The maximum atomic E-state index is 14.3. The van der Waals surface area contributed by atoms with E-state index in [2.05, 4.69) is 5.32 Å². The summed E-state index contributed by atoms with van der Waals surface area (Å²) in [5.41, 5.74) is 1.31. The number of likely N-dealkylation sites (tertiary alicyclic amines) is 1. The minimum Gasteiger partial charge on any atom is -0.497 e. The van der Waals surface area contributed by atoms with Gasteiger partial charge in [0.05, 0.1) is 42.9 Å². The highest BCUT2D eigenvalue weighted by Crippen LogP contribution is 2.72. The first-order valence-electron chi connectivity index (χ1n) is 12.6. The molecule has 5 rings (SSSR count). The van der Waals surface area contributed by atoms with Gasteiger partial charge in [0.2, 0.25) is 11.8 Å². The number of methoxy groups -OCH3 is 1. The third-order valence-corrected chi connectivity index (χ3v) is 10.0. The van der Waals surface area contributed by atoms with Gasteiger partial charge in [-0.1, -0.05) is 30.3 Å². The topological polar surface area (TPSA) is 105 Å². The van der Waals surface area contributed by atoms with Crippen LogP contribution in [0.25, 0.3) is 0 Å². The Morgan fingerprint density at radius 1 is 1.16 bits per heavy atom. The van der Waals surface area contributed by atoms with Crippen molar-refractivity contribution in [2.75, 3.05) is 25.6 Å². The molecule has 2 N–H and O–H groups in total. The second-order valence-corrected chi connectivity index (χ2v) is 11.9. The van der Waals surface area contributed by atoms with Gasteiger partial charge in [-0.25, -0.2) is 0 Å². The van der Waals surface area contributed by atoms with Crippen LogP contribution in [0.3, 0.4) is 0 Å². The monoisotopic (exact) mass is 524 g/mol. The predicted octanol–water partition coefficient (Wildman–Crippen LogP) is 3.41. The summed E-state index contributed by atoms with van der Waals surface area (Å²) in [7, 11) is 1.57. The molecule has 2 aromatic rings. The van der Waals surface area contributed by atoms with Crippen LogP contribution in [-0.2, 0) is 19.1 Å². The highest BCUT2D eigenvalue weighted by molar-refractivity contribution is 8.02. The normalized spacial score (nSPS) is 30.6. The molecule has 3 fully saturated rings. The molecule has 0 saturated carbocycles. The number of fused-ring (bicyclic) bond motifs is 1. The van der Waals surface area contributed by atoms with E-state index in [1.54, 1.807) is 50.1 Å². The first-order valence-corrected chi connectivity index (χ1v) is 13.4. The van der Waals surface area contributed by atoms with Crippen LogP contribution in [0.5, 0.6) is 5.75 Å². The SMILES string of the molecule is CCOC(=O)[C@@H]1[C@H]2C(=O)N([C@H](CO)c3ccccc3)C(C(=O)Nc3ccc(OC)cc3)C23CC[C@@]1(C)S3. The Labute approximate surface area is 220 Å². The molecule has 0 aromatic heterocycles. The Morgan fingerprint density at radius 3 is 2.49 bits per heavy atom. The number of benzene rings is 2. The number of rotatable bonds is 8. The van der Waals surface area contributed by atoms with E-state index >= 15 is 0 Å². The largest absolute Gasteiger partial charge is 0.497 e. The van der Waals surface area contributed by atoms with Crippen molar-refractivity contribution < 1.29 is 29.0 Å². The number of amides is 2. The maximum absolute atomic E-state index is 14.3. The van der Waals surface area contributed by atoms with Crippen molar-refractivity contribution in [3.63, 3.8) is 0 Å². The number of thioether (sulfide) groups is 1. The van der Waals surface area contributed by atoms with Crippen LogP contribution in [0.15, 0.2) is 54.6 Å². The van der Waals surface area contributed by atoms with Gasteiger partial charge < -0.3 is 24.8 Å². The quantitative estimate of drug-likeness (QED) is 0.510. The molecule has 2 aromatic carbocycles. The van der Waals surface area contributed by atoms with Crippen molar-refractivity contribution in [1.82, 2.24) is 4.90 Å². The van der Waals surface area contributed by atoms with Crippen LogP contribution in [0.4, 0.5) is 5.69 Å². The van der Waals surface area contributed by atoms with Gasteiger partial charge in [0.15, 0.2) is 0 Å². The number of aliphatic hydroxyl groups excluding tert-OH is 1. The molecule has 2 unspecified atom stereocenters. The first-order chi connectivity index (χ1) is 17.8. The van der Waals surface area contributed by atoms with Gasteiger partial charge in [0.1, 0.15) is 11.8 Å². The van der Waals surface area contributed by atoms with Crippen LogP contribution in [-0.4, -0.2) is 63.6 Å². The number of ether oxygens (including phenoxy) is 2. The molecule has 3 heterocycles. The van der Waals surface area contributed by atoms with E-state index in [4.69, 9.17) is 9.47 Å².